The van der Waals surface area contributed by atoms with E-state index in [9.17, 15) is 19.5 Å². The average molecular weight is 332 g/mol. The average Bonchev–Trinajstić information content (AvgIpc) is 2.57. The second-order valence-corrected chi connectivity index (χ2v) is 5.45. The van der Waals surface area contributed by atoms with Crippen molar-refractivity contribution < 1.29 is 19.5 Å². The van der Waals surface area contributed by atoms with Gasteiger partial charge in [-0.3, -0.25) is 9.59 Å². The first kappa shape index (κ1) is 19.4. The summed E-state index contributed by atoms with van der Waals surface area (Å²) in [4.78, 5) is 34.1. The fourth-order valence-corrected chi connectivity index (χ4v) is 2.19. The van der Waals surface area contributed by atoms with E-state index in [-0.39, 0.29) is 24.7 Å². The van der Waals surface area contributed by atoms with Gasteiger partial charge in [0.2, 0.25) is 11.8 Å². The molecule has 1 aromatic rings. The normalized spacial score (nSPS) is 11.3. The van der Waals surface area contributed by atoms with Crippen molar-refractivity contribution in [1.82, 2.24) is 10.6 Å². The lowest BCUT2D eigenvalue weighted by atomic mass is 10.1. The van der Waals surface area contributed by atoms with Gasteiger partial charge in [-0.05, 0) is 24.5 Å². The number of hydrogen-bond acceptors (Lipinski definition) is 3. The Labute approximate surface area is 141 Å². The number of hydrogen-bond donors (Lipinski definition) is 3. The van der Waals surface area contributed by atoms with Gasteiger partial charge in [-0.2, -0.15) is 0 Å². The molecule has 0 aliphatic carbocycles. The SMILES string of the molecule is C=CC(=O)NCCCCCC(=O)N[C@@H](Cc1ccccc1)C(=O)O. The summed E-state index contributed by atoms with van der Waals surface area (Å²) in [6.07, 6.45) is 3.93. The smallest absolute Gasteiger partial charge is 0.326 e. The summed E-state index contributed by atoms with van der Waals surface area (Å²) < 4.78 is 0. The van der Waals surface area contributed by atoms with Gasteiger partial charge in [0, 0.05) is 19.4 Å². The van der Waals surface area contributed by atoms with Gasteiger partial charge in [0.25, 0.3) is 0 Å². The maximum Gasteiger partial charge on any atom is 0.326 e. The number of carbonyl (C=O) groups excluding carboxylic acids is 2. The van der Waals surface area contributed by atoms with Gasteiger partial charge in [-0.25, -0.2) is 4.79 Å². The molecule has 0 bridgehead atoms. The van der Waals surface area contributed by atoms with Crippen molar-refractivity contribution in [3.63, 3.8) is 0 Å². The number of aliphatic carboxylic acids is 1. The molecule has 1 aromatic carbocycles. The van der Waals surface area contributed by atoms with Crippen LogP contribution in [0.4, 0.5) is 0 Å². The van der Waals surface area contributed by atoms with Gasteiger partial charge >= 0.3 is 5.97 Å². The van der Waals surface area contributed by atoms with Gasteiger partial charge in [-0.15, -0.1) is 0 Å². The van der Waals surface area contributed by atoms with E-state index in [4.69, 9.17) is 0 Å². The standard InChI is InChI=1S/C18H24N2O4/c1-2-16(21)19-12-8-4-7-11-17(22)20-15(18(23)24)13-14-9-5-3-6-10-14/h2-3,5-6,9-10,15H,1,4,7-8,11-13H2,(H,19,21)(H,20,22)(H,23,24)/t15-/m0/s1. The fourth-order valence-electron chi connectivity index (χ4n) is 2.19. The molecule has 0 fully saturated rings. The first-order valence-electron chi connectivity index (χ1n) is 7.99. The number of unbranched alkanes of at least 4 members (excludes halogenated alkanes) is 2. The highest BCUT2D eigenvalue weighted by molar-refractivity contribution is 5.86. The summed E-state index contributed by atoms with van der Waals surface area (Å²) in [6.45, 7) is 3.90. The van der Waals surface area contributed by atoms with Gasteiger partial charge in [0.05, 0.1) is 0 Å². The third kappa shape index (κ3) is 8.12. The quantitative estimate of drug-likeness (QED) is 0.424. The molecule has 6 nitrogen and oxygen atoms in total. The maximum atomic E-state index is 11.9. The molecule has 6 heteroatoms. The van der Waals surface area contributed by atoms with E-state index in [1.165, 1.54) is 6.08 Å². The zero-order chi connectivity index (χ0) is 17.8. The molecule has 1 rings (SSSR count). The van der Waals surface area contributed by atoms with E-state index in [2.05, 4.69) is 17.2 Å². The first-order chi connectivity index (χ1) is 11.5. The van der Waals surface area contributed by atoms with Crippen LogP contribution in [0.2, 0.25) is 0 Å². The van der Waals surface area contributed by atoms with E-state index >= 15 is 0 Å². The zero-order valence-electron chi connectivity index (χ0n) is 13.7. The van der Waals surface area contributed by atoms with Crippen LogP contribution in [-0.2, 0) is 20.8 Å². The molecule has 0 heterocycles. The Bertz CT molecular complexity index is 557. The molecule has 1 atom stereocenters. The molecular weight excluding hydrogens is 308 g/mol. The first-order valence-corrected chi connectivity index (χ1v) is 7.99. The van der Waals surface area contributed by atoms with Crippen LogP contribution >= 0.6 is 0 Å². The monoisotopic (exact) mass is 332 g/mol. The Morgan fingerprint density at radius 1 is 1.12 bits per heavy atom. The van der Waals surface area contributed by atoms with Crippen molar-refractivity contribution in [3.05, 3.63) is 48.6 Å². The minimum Gasteiger partial charge on any atom is -0.480 e. The molecule has 130 valence electrons. The van der Waals surface area contributed by atoms with Gasteiger partial charge in [-0.1, -0.05) is 43.3 Å². The Morgan fingerprint density at radius 3 is 2.46 bits per heavy atom. The Balaban J connectivity index is 2.27. The lowest BCUT2D eigenvalue weighted by molar-refractivity contribution is -0.141. The van der Waals surface area contributed by atoms with Crippen molar-refractivity contribution >= 4 is 17.8 Å². The molecule has 0 saturated heterocycles. The van der Waals surface area contributed by atoms with Crippen molar-refractivity contribution in [2.75, 3.05) is 6.54 Å². The van der Waals surface area contributed by atoms with Crippen molar-refractivity contribution in [3.8, 4) is 0 Å². The third-order valence-electron chi connectivity index (χ3n) is 3.48. The van der Waals surface area contributed by atoms with Crippen LogP contribution in [0, 0.1) is 0 Å². The number of benzene rings is 1. The third-order valence-corrected chi connectivity index (χ3v) is 3.48. The second kappa shape index (κ2) is 11.0. The molecular formula is C18H24N2O4. The number of rotatable bonds is 11. The summed E-state index contributed by atoms with van der Waals surface area (Å²) >= 11 is 0. The van der Waals surface area contributed by atoms with Crippen molar-refractivity contribution in [1.29, 1.82) is 0 Å². The molecule has 24 heavy (non-hydrogen) atoms. The fraction of sp³-hybridized carbons (Fsp3) is 0.389. The number of carboxylic acids is 1. The van der Waals surface area contributed by atoms with Crippen LogP contribution in [-0.4, -0.2) is 35.5 Å². The van der Waals surface area contributed by atoms with Crippen molar-refractivity contribution in [2.24, 2.45) is 0 Å². The molecule has 3 N–H and O–H groups in total. The summed E-state index contributed by atoms with van der Waals surface area (Å²) in [5.41, 5.74) is 0.864. The van der Waals surface area contributed by atoms with Crippen LogP contribution in [0.25, 0.3) is 0 Å². The number of amides is 2. The molecule has 0 unspecified atom stereocenters. The summed E-state index contributed by atoms with van der Waals surface area (Å²) in [5.74, 6) is -1.52. The molecule has 0 aliphatic heterocycles. The summed E-state index contributed by atoms with van der Waals surface area (Å²) in [7, 11) is 0. The highest BCUT2D eigenvalue weighted by Crippen LogP contribution is 2.05. The molecule has 2 amide bonds. The van der Waals surface area contributed by atoms with Gasteiger partial charge in [0.1, 0.15) is 6.04 Å². The largest absolute Gasteiger partial charge is 0.480 e. The second-order valence-electron chi connectivity index (χ2n) is 5.45. The van der Waals surface area contributed by atoms with Crippen LogP contribution < -0.4 is 10.6 Å². The zero-order valence-corrected chi connectivity index (χ0v) is 13.7. The molecule has 0 aromatic heterocycles. The van der Waals surface area contributed by atoms with Crippen molar-refractivity contribution in [2.45, 2.75) is 38.1 Å². The maximum absolute atomic E-state index is 11.9. The van der Waals surface area contributed by atoms with E-state index in [1.54, 1.807) is 0 Å². The van der Waals surface area contributed by atoms with Crippen LogP contribution in [0.3, 0.4) is 0 Å². The topological polar surface area (TPSA) is 95.5 Å². The van der Waals surface area contributed by atoms with E-state index < -0.39 is 12.0 Å². The Morgan fingerprint density at radius 2 is 1.83 bits per heavy atom. The minimum atomic E-state index is -1.04. The lowest BCUT2D eigenvalue weighted by Gasteiger charge is -2.14. The molecule has 0 saturated carbocycles. The van der Waals surface area contributed by atoms with Gasteiger partial charge < -0.3 is 15.7 Å². The number of carbonyl (C=O) groups is 3. The highest BCUT2D eigenvalue weighted by Gasteiger charge is 2.19. The van der Waals surface area contributed by atoms with Crippen LogP contribution in [0.1, 0.15) is 31.2 Å². The Kier molecular flexibility index (Phi) is 8.89. The molecule has 0 spiro atoms. The minimum absolute atomic E-state index is 0.210. The predicted octanol–water partition coefficient (Wildman–Crippen LogP) is 1.66. The number of carboxylic acid groups (broad SMARTS) is 1. The molecule has 0 radical (unpaired) electrons. The van der Waals surface area contributed by atoms with Crippen LogP contribution in [0.15, 0.2) is 43.0 Å². The van der Waals surface area contributed by atoms with E-state index in [1.807, 2.05) is 30.3 Å². The van der Waals surface area contributed by atoms with Crippen LogP contribution in [0.5, 0.6) is 0 Å². The predicted molar refractivity (Wildman–Crippen MR) is 91.4 cm³/mol. The molecule has 0 aliphatic rings. The lowest BCUT2D eigenvalue weighted by Crippen LogP contribution is -2.42. The summed E-state index contributed by atoms with van der Waals surface area (Å²) in [6, 6.07) is 8.27. The highest BCUT2D eigenvalue weighted by atomic mass is 16.4. The van der Waals surface area contributed by atoms with Gasteiger partial charge in [0.15, 0.2) is 0 Å². The Hall–Kier alpha value is -2.63. The van der Waals surface area contributed by atoms with E-state index in [0.29, 0.717) is 13.0 Å². The summed E-state index contributed by atoms with van der Waals surface area (Å²) in [5, 5.41) is 14.5. The number of nitrogens with one attached hydrogen (secondary N) is 2. The van der Waals surface area contributed by atoms with E-state index in [0.717, 1.165) is 18.4 Å².